The van der Waals surface area contributed by atoms with Gasteiger partial charge in [0.1, 0.15) is 5.75 Å². The first kappa shape index (κ1) is 12.1. The van der Waals surface area contributed by atoms with Crippen LogP contribution in [0.2, 0.25) is 0 Å². The van der Waals surface area contributed by atoms with Gasteiger partial charge in [0.2, 0.25) is 0 Å². The largest absolute Gasteiger partial charge is 0.493 e. The van der Waals surface area contributed by atoms with Crippen LogP contribution in [0.4, 0.5) is 0 Å². The molecule has 0 amide bonds. The fourth-order valence-corrected chi connectivity index (χ4v) is 2.24. The number of hydrogen-bond acceptors (Lipinski definition) is 3. The lowest BCUT2D eigenvalue weighted by molar-refractivity contribution is 0.0968. The topological polar surface area (TPSA) is 38.3 Å². The summed E-state index contributed by atoms with van der Waals surface area (Å²) in [6, 6.07) is 7.84. The van der Waals surface area contributed by atoms with Gasteiger partial charge in [-0.2, -0.15) is 0 Å². The Kier molecular flexibility index (Phi) is 4.15. The van der Waals surface area contributed by atoms with Crippen molar-refractivity contribution in [1.29, 1.82) is 0 Å². The summed E-state index contributed by atoms with van der Waals surface area (Å²) >= 11 is 0. The number of ketones is 1. The zero-order valence-corrected chi connectivity index (χ0v) is 10.2. The fraction of sp³-hybridized carbons (Fsp3) is 0.500. The lowest BCUT2D eigenvalue weighted by atomic mass is 10.0. The van der Waals surface area contributed by atoms with Crippen LogP contribution in [0.15, 0.2) is 24.3 Å². The first-order chi connectivity index (χ1) is 8.31. The predicted molar refractivity (Wildman–Crippen MR) is 67.6 cm³/mol. The van der Waals surface area contributed by atoms with Crippen molar-refractivity contribution in [2.24, 2.45) is 0 Å². The van der Waals surface area contributed by atoms with E-state index in [-0.39, 0.29) is 5.78 Å². The average Bonchev–Trinajstić information content (AvgIpc) is 2.83. The van der Waals surface area contributed by atoms with Crippen LogP contribution in [-0.4, -0.2) is 25.0 Å². The van der Waals surface area contributed by atoms with Crippen LogP contribution in [-0.2, 0) is 0 Å². The smallest absolute Gasteiger partial charge is 0.168 e. The molecule has 1 saturated heterocycles. The molecule has 0 saturated carbocycles. The van der Waals surface area contributed by atoms with E-state index in [1.54, 1.807) is 0 Å². The van der Waals surface area contributed by atoms with Gasteiger partial charge in [-0.05, 0) is 38.4 Å². The second-order valence-electron chi connectivity index (χ2n) is 4.35. The van der Waals surface area contributed by atoms with E-state index in [0.717, 1.165) is 13.0 Å². The van der Waals surface area contributed by atoms with E-state index in [0.29, 0.717) is 30.4 Å². The van der Waals surface area contributed by atoms with Crippen molar-refractivity contribution in [3.63, 3.8) is 0 Å². The van der Waals surface area contributed by atoms with Crippen molar-refractivity contribution in [2.45, 2.75) is 32.2 Å². The van der Waals surface area contributed by atoms with Crippen molar-refractivity contribution in [3.8, 4) is 5.75 Å². The monoisotopic (exact) mass is 233 g/mol. The van der Waals surface area contributed by atoms with Gasteiger partial charge in [-0.1, -0.05) is 12.1 Å². The van der Waals surface area contributed by atoms with Gasteiger partial charge in [0.05, 0.1) is 12.2 Å². The molecule has 0 bridgehead atoms. The van der Waals surface area contributed by atoms with E-state index in [4.69, 9.17) is 4.74 Å². The lowest BCUT2D eigenvalue weighted by Gasteiger charge is -2.12. The van der Waals surface area contributed by atoms with Gasteiger partial charge < -0.3 is 10.1 Å². The molecule has 0 spiro atoms. The van der Waals surface area contributed by atoms with E-state index in [1.807, 2.05) is 31.2 Å². The Morgan fingerprint density at radius 1 is 1.47 bits per heavy atom. The molecule has 1 aromatic rings. The van der Waals surface area contributed by atoms with Crippen molar-refractivity contribution in [2.75, 3.05) is 13.2 Å². The van der Waals surface area contributed by atoms with Crippen LogP contribution in [0.5, 0.6) is 5.75 Å². The summed E-state index contributed by atoms with van der Waals surface area (Å²) in [5.41, 5.74) is 0.711. The molecule has 0 aromatic heterocycles. The van der Waals surface area contributed by atoms with E-state index in [9.17, 15) is 4.79 Å². The first-order valence-electron chi connectivity index (χ1n) is 6.29. The molecule has 1 aliphatic heterocycles. The van der Waals surface area contributed by atoms with E-state index < -0.39 is 0 Å². The molecule has 1 fully saturated rings. The number of nitrogens with one attached hydrogen (secondary N) is 1. The normalized spacial score (nSPS) is 19.2. The highest BCUT2D eigenvalue weighted by Gasteiger charge is 2.20. The molecule has 3 heteroatoms. The number of para-hydroxylation sites is 1. The van der Waals surface area contributed by atoms with Crippen molar-refractivity contribution >= 4 is 5.78 Å². The van der Waals surface area contributed by atoms with Crippen molar-refractivity contribution in [1.82, 2.24) is 5.32 Å². The Labute approximate surface area is 102 Å². The number of Topliss-reactive ketones (excluding diaryl/α,β-unsaturated/α-hetero) is 1. The Morgan fingerprint density at radius 3 is 3.00 bits per heavy atom. The molecule has 1 unspecified atom stereocenters. The highest BCUT2D eigenvalue weighted by Crippen LogP contribution is 2.21. The molecule has 1 N–H and O–H groups in total. The van der Waals surface area contributed by atoms with Gasteiger partial charge in [0.15, 0.2) is 5.78 Å². The van der Waals surface area contributed by atoms with Gasteiger partial charge in [0.25, 0.3) is 0 Å². The third-order valence-corrected chi connectivity index (χ3v) is 3.08. The Bertz CT molecular complexity index is 384. The SMILES string of the molecule is CCOc1ccccc1C(=O)CC1CCCN1. The standard InChI is InChI=1S/C14H19NO2/c1-2-17-14-8-4-3-7-12(14)13(16)10-11-6-5-9-15-11/h3-4,7-8,11,15H,2,5-6,9-10H2,1H3. The minimum Gasteiger partial charge on any atom is -0.493 e. The third-order valence-electron chi connectivity index (χ3n) is 3.08. The molecule has 0 aliphatic carbocycles. The number of carbonyl (C=O) groups excluding carboxylic acids is 1. The van der Waals surface area contributed by atoms with Gasteiger partial charge in [-0.15, -0.1) is 0 Å². The van der Waals surface area contributed by atoms with Crippen LogP contribution in [0, 0.1) is 0 Å². The van der Waals surface area contributed by atoms with E-state index >= 15 is 0 Å². The summed E-state index contributed by atoms with van der Waals surface area (Å²) < 4.78 is 5.48. The van der Waals surface area contributed by atoms with Gasteiger partial charge in [-0.25, -0.2) is 0 Å². The number of rotatable bonds is 5. The second kappa shape index (κ2) is 5.82. The average molecular weight is 233 g/mol. The summed E-state index contributed by atoms with van der Waals surface area (Å²) in [5.74, 6) is 0.881. The van der Waals surface area contributed by atoms with Crippen LogP contribution < -0.4 is 10.1 Å². The van der Waals surface area contributed by atoms with Crippen LogP contribution in [0.25, 0.3) is 0 Å². The van der Waals surface area contributed by atoms with Crippen LogP contribution in [0.3, 0.4) is 0 Å². The summed E-state index contributed by atoms with van der Waals surface area (Å²) in [7, 11) is 0. The van der Waals surface area contributed by atoms with Crippen molar-refractivity contribution in [3.05, 3.63) is 29.8 Å². The minimum absolute atomic E-state index is 0.174. The summed E-state index contributed by atoms with van der Waals surface area (Å²) in [6.07, 6.45) is 2.84. The molecule has 1 aromatic carbocycles. The summed E-state index contributed by atoms with van der Waals surface area (Å²) in [6.45, 7) is 3.55. The second-order valence-corrected chi connectivity index (χ2v) is 4.35. The zero-order chi connectivity index (χ0) is 12.1. The summed E-state index contributed by atoms with van der Waals surface area (Å²) in [4.78, 5) is 12.2. The summed E-state index contributed by atoms with van der Waals surface area (Å²) in [5, 5.41) is 3.35. The van der Waals surface area contributed by atoms with Crippen molar-refractivity contribution < 1.29 is 9.53 Å². The van der Waals surface area contributed by atoms with Gasteiger partial charge >= 0.3 is 0 Å². The molecule has 92 valence electrons. The van der Waals surface area contributed by atoms with Crippen LogP contribution >= 0.6 is 0 Å². The Morgan fingerprint density at radius 2 is 2.29 bits per heavy atom. The molecule has 1 atom stereocenters. The Balaban J connectivity index is 2.06. The first-order valence-corrected chi connectivity index (χ1v) is 6.29. The van der Waals surface area contributed by atoms with E-state index in [1.165, 1.54) is 6.42 Å². The molecule has 1 aliphatic rings. The molecule has 17 heavy (non-hydrogen) atoms. The molecular weight excluding hydrogens is 214 g/mol. The fourth-order valence-electron chi connectivity index (χ4n) is 2.24. The maximum atomic E-state index is 12.2. The maximum Gasteiger partial charge on any atom is 0.168 e. The minimum atomic E-state index is 0.174. The lowest BCUT2D eigenvalue weighted by Crippen LogP contribution is -2.24. The molecule has 0 radical (unpaired) electrons. The number of hydrogen-bond donors (Lipinski definition) is 1. The van der Waals surface area contributed by atoms with Crippen LogP contribution in [0.1, 0.15) is 36.5 Å². The molecular formula is C14H19NO2. The number of ether oxygens (including phenoxy) is 1. The quantitative estimate of drug-likeness (QED) is 0.794. The van der Waals surface area contributed by atoms with Gasteiger partial charge in [0, 0.05) is 12.5 Å². The zero-order valence-electron chi connectivity index (χ0n) is 10.2. The number of benzene rings is 1. The third kappa shape index (κ3) is 3.07. The maximum absolute atomic E-state index is 12.2. The van der Waals surface area contributed by atoms with E-state index in [2.05, 4.69) is 5.32 Å². The molecule has 2 rings (SSSR count). The highest BCUT2D eigenvalue weighted by atomic mass is 16.5. The Hall–Kier alpha value is -1.35. The number of carbonyl (C=O) groups is 1. The predicted octanol–water partition coefficient (Wildman–Crippen LogP) is 2.41. The molecule has 1 heterocycles. The highest BCUT2D eigenvalue weighted by molar-refractivity contribution is 5.99. The molecule has 3 nitrogen and oxygen atoms in total. The van der Waals surface area contributed by atoms with Gasteiger partial charge in [-0.3, -0.25) is 4.79 Å².